The SMILES string of the molecule is CC(C)C=C(CO)C(=O)O. The first-order chi connectivity index (χ1) is 4.57. The fourth-order valence-electron chi connectivity index (χ4n) is 0.594. The van der Waals surface area contributed by atoms with Crippen molar-refractivity contribution in [2.45, 2.75) is 13.8 Å². The number of allylic oxidation sites excluding steroid dienone is 1. The monoisotopic (exact) mass is 144 g/mol. The van der Waals surface area contributed by atoms with Gasteiger partial charge in [-0.05, 0) is 5.92 Å². The molecule has 10 heavy (non-hydrogen) atoms. The highest BCUT2D eigenvalue weighted by molar-refractivity contribution is 5.86. The first-order valence-corrected chi connectivity index (χ1v) is 3.12. The normalized spacial score (nSPS) is 12.2. The molecule has 3 heteroatoms. The molecule has 0 saturated heterocycles. The summed E-state index contributed by atoms with van der Waals surface area (Å²) in [7, 11) is 0. The molecule has 0 heterocycles. The topological polar surface area (TPSA) is 57.5 Å². The molecule has 58 valence electrons. The zero-order valence-electron chi connectivity index (χ0n) is 6.16. The molecule has 0 aromatic carbocycles. The van der Waals surface area contributed by atoms with Gasteiger partial charge in [0.1, 0.15) is 0 Å². The molecule has 0 atom stereocenters. The third-order valence-electron chi connectivity index (χ3n) is 0.980. The first-order valence-electron chi connectivity index (χ1n) is 3.12. The van der Waals surface area contributed by atoms with Crippen LogP contribution in [0.5, 0.6) is 0 Å². The molecule has 0 rings (SSSR count). The summed E-state index contributed by atoms with van der Waals surface area (Å²) in [6.45, 7) is 3.32. The van der Waals surface area contributed by atoms with Crippen LogP contribution in [-0.2, 0) is 4.79 Å². The van der Waals surface area contributed by atoms with E-state index in [2.05, 4.69) is 0 Å². The number of carboxylic acids is 1. The molecular weight excluding hydrogens is 132 g/mol. The molecule has 0 aromatic heterocycles. The average Bonchev–Trinajstić information content (AvgIpc) is 1.81. The molecule has 0 bridgehead atoms. The van der Waals surface area contributed by atoms with Crippen LogP contribution in [0.25, 0.3) is 0 Å². The van der Waals surface area contributed by atoms with Crippen molar-refractivity contribution < 1.29 is 15.0 Å². The standard InChI is InChI=1S/C7H12O3/c1-5(2)3-6(4-8)7(9)10/h3,5,8H,4H2,1-2H3,(H,9,10). The van der Waals surface area contributed by atoms with E-state index >= 15 is 0 Å². The Labute approximate surface area is 60.0 Å². The highest BCUT2D eigenvalue weighted by Crippen LogP contribution is 2.00. The van der Waals surface area contributed by atoms with E-state index in [-0.39, 0.29) is 11.5 Å². The number of hydrogen-bond donors (Lipinski definition) is 2. The summed E-state index contributed by atoms with van der Waals surface area (Å²) in [6.07, 6.45) is 1.53. The predicted octanol–water partition coefficient (Wildman–Crippen LogP) is 0.646. The number of aliphatic carboxylic acids is 1. The van der Waals surface area contributed by atoms with Crippen LogP contribution < -0.4 is 0 Å². The largest absolute Gasteiger partial charge is 0.478 e. The zero-order chi connectivity index (χ0) is 8.15. The molecule has 2 N–H and O–H groups in total. The van der Waals surface area contributed by atoms with Crippen molar-refractivity contribution in [1.82, 2.24) is 0 Å². The summed E-state index contributed by atoms with van der Waals surface area (Å²) in [4.78, 5) is 10.2. The average molecular weight is 144 g/mol. The smallest absolute Gasteiger partial charge is 0.333 e. The van der Waals surface area contributed by atoms with Gasteiger partial charge in [-0.25, -0.2) is 4.79 Å². The minimum absolute atomic E-state index is 0.0648. The van der Waals surface area contributed by atoms with Gasteiger partial charge < -0.3 is 10.2 Å². The van der Waals surface area contributed by atoms with E-state index in [1.54, 1.807) is 0 Å². The molecule has 0 amide bonds. The van der Waals surface area contributed by atoms with E-state index in [0.717, 1.165) is 0 Å². The summed E-state index contributed by atoms with van der Waals surface area (Å²) in [5.41, 5.74) is 0.0648. The van der Waals surface area contributed by atoms with Crippen LogP contribution in [0.2, 0.25) is 0 Å². The second-order valence-electron chi connectivity index (χ2n) is 2.40. The van der Waals surface area contributed by atoms with Crippen LogP contribution in [0.1, 0.15) is 13.8 Å². The highest BCUT2D eigenvalue weighted by atomic mass is 16.4. The van der Waals surface area contributed by atoms with Gasteiger partial charge in [0.05, 0.1) is 12.2 Å². The van der Waals surface area contributed by atoms with Crippen molar-refractivity contribution in [3.8, 4) is 0 Å². The van der Waals surface area contributed by atoms with Gasteiger partial charge in [0, 0.05) is 0 Å². The third-order valence-corrected chi connectivity index (χ3v) is 0.980. The Morgan fingerprint density at radius 2 is 2.10 bits per heavy atom. The van der Waals surface area contributed by atoms with Gasteiger partial charge in [-0.3, -0.25) is 0 Å². The summed E-state index contributed by atoms with van der Waals surface area (Å²) < 4.78 is 0. The lowest BCUT2D eigenvalue weighted by Crippen LogP contribution is -2.05. The van der Waals surface area contributed by atoms with Gasteiger partial charge in [-0.1, -0.05) is 19.9 Å². The lowest BCUT2D eigenvalue weighted by molar-refractivity contribution is -0.133. The zero-order valence-corrected chi connectivity index (χ0v) is 6.16. The van der Waals surface area contributed by atoms with E-state index in [0.29, 0.717) is 0 Å². The summed E-state index contributed by atoms with van der Waals surface area (Å²) in [6, 6.07) is 0. The molecule has 0 aromatic rings. The van der Waals surface area contributed by atoms with Crippen LogP contribution >= 0.6 is 0 Å². The van der Waals surface area contributed by atoms with Gasteiger partial charge >= 0.3 is 5.97 Å². The minimum atomic E-state index is -1.05. The Hall–Kier alpha value is -0.830. The van der Waals surface area contributed by atoms with Crippen molar-refractivity contribution in [2.24, 2.45) is 5.92 Å². The Bertz CT molecular complexity index is 147. The van der Waals surface area contributed by atoms with Crippen molar-refractivity contribution in [1.29, 1.82) is 0 Å². The highest BCUT2D eigenvalue weighted by Gasteiger charge is 2.04. The van der Waals surface area contributed by atoms with Crippen LogP contribution in [0.15, 0.2) is 11.6 Å². The maximum absolute atomic E-state index is 10.2. The van der Waals surface area contributed by atoms with Crippen LogP contribution in [0.4, 0.5) is 0 Å². The van der Waals surface area contributed by atoms with Crippen LogP contribution in [0.3, 0.4) is 0 Å². The third kappa shape index (κ3) is 3.25. The van der Waals surface area contributed by atoms with Crippen LogP contribution in [-0.4, -0.2) is 22.8 Å². The minimum Gasteiger partial charge on any atom is -0.478 e. The maximum atomic E-state index is 10.2. The quantitative estimate of drug-likeness (QED) is 0.571. The molecule has 0 aliphatic heterocycles. The first kappa shape index (κ1) is 9.17. The number of aliphatic hydroxyl groups is 1. The summed E-state index contributed by atoms with van der Waals surface area (Å²) in [5, 5.41) is 16.9. The predicted molar refractivity (Wildman–Crippen MR) is 37.6 cm³/mol. The van der Waals surface area contributed by atoms with Gasteiger partial charge in [0.15, 0.2) is 0 Å². The van der Waals surface area contributed by atoms with Gasteiger partial charge in [-0.15, -0.1) is 0 Å². The van der Waals surface area contributed by atoms with Crippen molar-refractivity contribution in [2.75, 3.05) is 6.61 Å². The van der Waals surface area contributed by atoms with E-state index in [1.807, 2.05) is 13.8 Å². The van der Waals surface area contributed by atoms with Crippen molar-refractivity contribution in [3.05, 3.63) is 11.6 Å². The van der Waals surface area contributed by atoms with E-state index < -0.39 is 12.6 Å². The number of carbonyl (C=O) groups is 1. The number of hydrogen-bond acceptors (Lipinski definition) is 2. The molecule has 0 aliphatic rings. The molecule has 0 unspecified atom stereocenters. The number of rotatable bonds is 3. The van der Waals surface area contributed by atoms with Crippen molar-refractivity contribution in [3.63, 3.8) is 0 Å². The number of aliphatic hydroxyl groups excluding tert-OH is 1. The Morgan fingerprint density at radius 3 is 2.20 bits per heavy atom. The fraction of sp³-hybridized carbons (Fsp3) is 0.571. The van der Waals surface area contributed by atoms with E-state index in [4.69, 9.17) is 10.2 Å². The molecule has 0 fully saturated rings. The lowest BCUT2D eigenvalue weighted by Gasteiger charge is -1.98. The Kier molecular flexibility index (Phi) is 3.72. The number of carboxylic acid groups (broad SMARTS) is 1. The molecule has 0 radical (unpaired) electrons. The second-order valence-corrected chi connectivity index (χ2v) is 2.40. The lowest BCUT2D eigenvalue weighted by atomic mass is 10.1. The molecular formula is C7H12O3. The maximum Gasteiger partial charge on any atom is 0.333 e. The van der Waals surface area contributed by atoms with Crippen LogP contribution in [0, 0.1) is 5.92 Å². The summed E-state index contributed by atoms with van der Waals surface area (Å²) in [5.74, 6) is -0.880. The van der Waals surface area contributed by atoms with E-state index in [9.17, 15) is 4.79 Å². The van der Waals surface area contributed by atoms with Gasteiger partial charge in [0.2, 0.25) is 0 Å². The molecule has 0 spiro atoms. The van der Waals surface area contributed by atoms with Crippen molar-refractivity contribution >= 4 is 5.97 Å². The van der Waals surface area contributed by atoms with E-state index in [1.165, 1.54) is 6.08 Å². The van der Waals surface area contributed by atoms with Gasteiger partial charge in [-0.2, -0.15) is 0 Å². The molecule has 3 nitrogen and oxygen atoms in total. The second kappa shape index (κ2) is 4.06. The van der Waals surface area contributed by atoms with Gasteiger partial charge in [0.25, 0.3) is 0 Å². The fourth-order valence-corrected chi connectivity index (χ4v) is 0.594. The Balaban J connectivity index is 4.19. The molecule has 0 saturated carbocycles. The molecule has 0 aliphatic carbocycles. The Morgan fingerprint density at radius 1 is 1.60 bits per heavy atom. The summed E-state index contributed by atoms with van der Waals surface area (Å²) >= 11 is 0.